The van der Waals surface area contributed by atoms with Gasteiger partial charge in [0, 0.05) is 25.7 Å². The van der Waals surface area contributed by atoms with E-state index in [1.807, 2.05) is 0 Å². The molecule has 2 atom stereocenters. The van der Waals surface area contributed by atoms with Crippen LogP contribution in [0.3, 0.4) is 0 Å². The monoisotopic (exact) mass is 260 g/mol. The van der Waals surface area contributed by atoms with Crippen LogP contribution >= 0.6 is 0 Å². The summed E-state index contributed by atoms with van der Waals surface area (Å²) in [6, 6.07) is 5.24. The van der Waals surface area contributed by atoms with Crippen molar-refractivity contribution in [2.45, 2.75) is 18.9 Å². The fraction of sp³-hybridized carbons (Fsp3) is 0.500. The Hall–Kier alpha value is -1.62. The lowest BCUT2D eigenvalue weighted by Gasteiger charge is -2.36. The van der Waals surface area contributed by atoms with E-state index in [-0.39, 0.29) is 5.82 Å². The van der Waals surface area contributed by atoms with Crippen LogP contribution < -0.4 is 10.2 Å². The first-order valence-electron chi connectivity index (χ1n) is 6.94. The zero-order valence-electron chi connectivity index (χ0n) is 10.7. The van der Waals surface area contributed by atoms with E-state index in [0.29, 0.717) is 6.04 Å². The van der Waals surface area contributed by atoms with Crippen LogP contribution in [0.5, 0.6) is 0 Å². The fourth-order valence-electron chi connectivity index (χ4n) is 3.44. The van der Waals surface area contributed by atoms with Gasteiger partial charge >= 0.3 is 0 Å². The Morgan fingerprint density at radius 2 is 2.26 bits per heavy atom. The third-order valence-corrected chi connectivity index (χ3v) is 4.38. The lowest BCUT2D eigenvalue weighted by Crippen LogP contribution is -2.45. The Bertz CT molecular complexity index is 609. The van der Waals surface area contributed by atoms with Gasteiger partial charge in [-0.2, -0.15) is 0 Å². The number of rotatable bonds is 1. The maximum absolute atomic E-state index is 13.2. The molecule has 4 rings (SSSR count). The number of nitrogens with one attached hydrogen (secondary N) is 2. The van der Waals surface area contributed by atoms with Crippen LogP contribution in [0, 0.1) is 11.7 Å². The lowest BCUT2D eigenvalue weighted by atomic mass is 9.92. The van der Waals surface area contributed by atoms with Crippen molar-refractivity contribution in [3.05, 3.63) is 24.0 Å². The second-order valence-electron chi connectivity index (χ2n) is 5.54. The molecule has 1 aromatic heterocycles. The second kappa shape index (κ2) is 4.20. The SMILES string of the molecule is Fc1ccc2nc(N3CCCC4CNCC43)[nH]c2c1. The molecule has 2 saturated heterocycles. The highest BCUT2D eigenvalue weighted by molar-refractivity contribution is 5.77. The molecule has 0 spiro atoms. The van der Waals surface area contributed by atoms with E-state index in [0.717, 1.165) is 42.5 Å². The summed E-state index contributed by atoms with van der Waals surface area (Å²) < 4.78 is 13.2. The zero-order valence-corrected chi connectivity index (χ0v) is 10.7. The topological polar surface area (TPSA) is 44.0 Å². The third-order valence-electron chi connectivity index (χ3n) is 4.38. The Morgan fingerprint density at radius 1 is 1.32 bits per heavy atom. The van der Waals surface area contributed by atoms with Crippen LogP contribution in [0.2, 0.25) is 0 Å². The quantitative estimate of drug-likeness (QED) is 0.823. The molecule has 5 heteroatoms. The lowest BCUT2D eigenvalue weighted by molar-refractivity contribution is 0.381. The minimum atomic E-state index is -0.221. The van der Waals surface area contributed by atoms with Crippen LogP contribution in [-0.4, -0.2) is 35.6 Å². The molecule has 100 valence electrons. The van der Waals surface area contributed by atoms with Crippen molar-refractivity contribution in [2.24, 2.45) is 5.92 Å². The molecule has 2 unspecified atom stereocenters. The summed E-state index contributed by atoms with van der Waals surface area (Å²) in [5.74, 6) is 1.39. The molecule has 0 aliphatic carbocycles. The van der Waals surface area contributed by atoms with E-state index < -0.39 is 0 Å². The predicted molar refractivity (Wildman–Crippen MR) is 72.8 cm³/mol. The van der Waals surface area contributed by atoms with Gasteiger partial charge in [-0.3, -0.25) is 0 Å². The molecule has 2 fully saturated rings. The van der Waals surface area contributed by atoms with Crippen LogP contribution in [0.15, 0.2) is 18.2 Å². The molecule has 0 radical (unpaired) electrons. The molecule has 2 aliphatic heterocycles. The number of hydrogen-bond donors (Lipinski definition) is 2. The summed E-state index contributed by atoms with van der Waals surface area (Å²) in [6.45, 7) is 3.16. The minimum absolute atomic E-state index is 0.221. The number of piperidine rings is 1. The molecule has 3 heterocycles. The highest BCUT2D eigenvalue weighted by Crippen LogP contribution is 2.30. The minimum Gasteiger partial charge on any atom is -0.338 e. The number of imidazole rings is 1. The molecule has 0 bridgehead atoms. The highest BCUT2D eigenvalue weighted by Gasteiger charge is 2.36. The molecular formula is C14H17FN4. The fourth-order valence-corrected chi connectivity index (χ4v) is 3.44. The van der Waals surface area contributed by atoms with Crippen molar-refractivity contribution >= 4 is 17.0 Å². The predicted octanol–water partition coefficient (Wildman–Crippen LogP) is 1.89. The third kappa shape index (κ3) is 1.80. The van der Waals surface area contributed by atoms with Gasteiger partial charge in [-0.25, -0.2) is 9.37 Å². The molecule has 2 aliphatic rings. The van der Waals surface area contributed by atoms with Crippen molar-refractivity contribution < 1.29 is 4.39 Å². The van der Waals surface area contributed by atoms with Gasteiger partial charge in [0.2, 0.25) is 5.95 Å². The number of aromatic nitrogens is 2. The molecular weight excluding hydrogens is 243 g/mol. The Morgan fingerprint density at radius 3 is 3.21 bits per heavy atom. The molecule has 2 aromatic rings. The van der Waals surface area contributed by atoms with E-state index in [4.69, 9.17) is 0 Å². The number of anilines is 1. The number of H-pyrrole nitrogens is 1. The molecule has 0 saturated carbocycles. The van der Waals surface area contributed by atoms with Crippen molar-refractivity contribution in [2.75, 3.05) is 24.5 Å². The van der Waals surface area contributed by atoms with Gasteiger partial charge in [-0.05, 0) is 37.0 Å². The van der Waals surface area contributed by atoms with Crippen molar-refractivity contribution in [3.8, 4) is 0 Å². The van der Waals surface area contributed by atoms with Gasteiger partial charge in [0.05, 0.1) is 11.0 Å². The molecule has 4 nitrogen and oxygen atoms in total. The van der Waals surface area contributed by atoms with Crippen LogP contribution in [-0.2, 0) is 0 Å². The van der Waals surface area contributed by atoms with Crippen LogP contribution in [0.1, 0.15) is 12.8 Å². The molecule has 2 N–H and O–H groups in total. The van der Waals surface area contributed by atoms with E-state index in [1.54, 1.807) is 6.07 Å². The summed E-state index contributed by atoms with van der Waals surface area (Å²) in [6.07, 6.45) is 2.50. The van der Waals surface area contributed by atoms with Crippen molar-refractivity contribution in [1.29, 1.82) is 0 Å². The van der Waals surface area contributed by atoms with E-state index in [1.165, 1.54) is 25.0 Å². The number of benzene rings is 1. The van der Waals surface area contributed by atoms with Gasteiger partial charge in [0.1, 0.15) is 5.82 Å². The maximum Gasteiger partial charge on any atom is 0.204 e. The van der Waals surface area contributed by atoms with Gasteiger partial charge < -0.3 is 15.2 Å². The summed E-state index contributed by atoms with van der Waals surface area (Å²) in [5, 5.41) is 3.46. The number of halogens is 1. The molecule has 1 aromatic carbocycles. The second-order valence-corrected chi connectivity index (χ2v) is 5.54. The standard InChI is InChI=1S/C14H17FN4/c15-10-3-4-11-12(6-10)18-14(17-11)19-5-1-2-9-7-16-8-13(9)19/h3-4,6,9,13,16H,1-2,5,7-8H2,(H,17,18). The zero-order chi connectivity index (χ0) is 12.8. The summed E-state index contributed by atoms with van der Waals surface area (Å²) in [5.41, 5.74) is 1.62. The summed E-state index contributed by atoms with van der Waals surface area (Å²) in [4.78, 5) is 10.2. The van der Waals surface area contributed by atoms with E-state index in [2.05, 4.69) is 20.2 Å². The van der Waals surface area contributed by atoms with E-state index in [9.17, 15) is 4.39 Å². The first kappa shape index (κ1) is 11.2. The highest BCUT2D eigenvalue weighted by atomic mass is 19.1. The normalized spacial score (nSPS) is 26.9. The largest absolute Gasteiger partial charge is 0.338 e. The Labute approximate surface area is 111 Å². The summed E-state index contributed by atoms with van der Waals surface area (Å²) in [7, 11) is 0. The number of fused-ring (bicyclic) bond motifs is 2. The molecule has 0 amide bonds. The summed E-state index contributed by atoms with van der Waals surface area (Å²) >= 11 is 0. The maximum atomic E-state index is 13.2. The van der Waals surface area contributed by atoms with E-state index >= 15 is 0 Å². The number of hydrogen-bond acceptors (Lipinski definition) is 3. The first-order valence-corrected chi connectivity index (χ1v) is 6.94. The van der Waals surface area contributed by atoms with Crippen molar-refractivity contribution in [1.82, 2.24) is 15.3 Å². The van der Waals surface area contributed by atoms with Gasteiger partial charge in [-0.15, -0.1) is 0 Å². The number of nitrogens with zero attached hydrogens (tertiary/aromatic N) is 2. The first-order chi connectivity index (χ1) is 9.31. The Balaban J connectivity index is 1.72. The number of aromatic amines is 1. The Kier molecular flexibility index (Phi) is 2.48. The molecule has 19 heavy (non-hydrogen) atoms. The van der Waals surface area contributed by atoms with Crippen LogP contribution in [0.25, 0.3) is 11.0 Å². The van der Waals surface area contributed by atoms with Gasteiger partial charge in [0.25, 0.3) is 0 Å². The smallest absolute Gasteiger partial charge is 0.204 e. The average Bonchev–Trinajstić information content (AvgIpc) is 3.03. The van der Waals surface area contributed by atoms with Crippen molar-refractivity contribution in [3.63, 3.8) is 0 Å². The van der Waals surface area contributed by atoms with Crippen LogP contribution in [0.4, 0.5) is 10.3 Å². The average molecular weight is 260 g/mol. The van der Waals surface area contributed by atoms with Gasteiger partial charge in [0.15, 0.2) is 0 Å². The van der Waals surface area contributed by atoms with Gasteiger partial charge in [-0.1, -0.05) is 0 Å².